The van der Waals surface area contributed by atoms with Crippen LogP contribution in [0.4, 0.5) is 0 Å². The molecule has 0 aliphatic heterocycles. The summed E-state index contributed by atoms with van der Waals surface area (Å²) in [6, 6.07) is -2.49. The van der Waals surface area contributed by atoms with Crippen LogP contribution in [-0.2, 0) is 14.4 Å². The molecular weight excluding hydrogens is 286 g/mol. The number of amides is 2. The van der Waals surface area contributed by atoms with Gasteiger partial charge in [-0.3, -0.25) is 9.59 Å². The van der Waals surface area contributed by atoms with Crippen LogP contribution in [0.2, 0.25) is 0 Å². The van der Waals surface area contributed by atoms with Gasteiger partial charge in [0.2, 0.25) is 11.8 Å². The first-order valence-electron chi connectivity index (χ1n) is 7.69. The van der Waals surface area contributed by atoms with Crippen molar-refractivity contribution < 1.29 is 19.5 Å². The summed E-state index contributed by atoms with van der Waals surface area (Å²) in [5, 5.41) is 14.1. The molecule has 0 radical (unpaired) electrons. The van der Waals surface area contributed by atoms with Crippen LogP contribution < -0.4 is 16.4 Å². The van der Waals surface area contributed by atoms with Gasteiger partial charge in [0.05, 0.1) is 6.04 Å². The van der Waals surface area contributed by atoms with Gasteiger partial charge in [0.15, 0.2) is 0 Å². The fourth-order valence-corrected chi connectivity index (χ4v) is 1.88. The fraction of sp³-hybridized carbons (Fsp3) is 0.800. The molecule has 2 amide bonds. The van der Waals surface area contributed by atoms with Gasteiger partial charge in [-0.1, -0.05) is 34.1 Å². The number of nitrogens with two attached hydrogens (primary N) is 1. The number of nitrogens with one attached hydrogen (secondary N) is 2. The summed E-state index contributed by atoms with van der Waals surface area (Å²) in [5.41, 5.74) is 5.80. The van der Waals surface area contributed by atoms with Gasteiger partial charge in [-0.05, 0) is 25.2 Å². The van der Waals surface area contributed by atoms with E-state index in [0.29, 0.717) is 6.42 Å². The molecule has 4 unspecified atom stereocenters. The van der Waals surface area contributed by atoms with Gasteiger partial charge in [-0.25, -0.2) is 4.79 Å². The second-order valence-corrected chi connectivity index (χ2v) is 6.17. The quantitative estimate of drug-likeness (QED) is 0.493. The Hall–Kier alpha value is -1.63. The van der Waals surface area contributed by atoms with Crippen molar-refractivity contribution in [1.29, 1.82) is 0 Å². The Labute approximate surface area is 132 Å². The third-order valence-corrected chi connectivity index (χ3v) is 3.63. The number of hydrogen-bond donors (Lipinski definition) is 4. The molecule has 0 aliphatic carbocycles. The number of aliphatic carboxylic acids is 1. The van der Waals surface area contributed by atoms with Crippen molar-refractivity contribution in [3.05, 3.63) is 0 Å². The maximum Gasteiger partial charge on any atom is 0.326 e. The van der Waals surface area contributed by atoms with E-state index in [1.807, 2.05) is 27.7 Å². The summed E-state index contributed by atoms with van der Waals surface area (Å²) < 4.78 is 0. The van der Waals surface area contributed by atoms with Crippen LogP contribution in [0.5, 0.6) is 0 Å². The van der Waals surface area contributed by atoms with E-state index in [9.17, 15) is 14.4 Å². The summed E-state index contributed by atoms with van der Waals surface area (Å²) in [5.74, 6) is -1.89. The summed E-state index contributed by atoms with van der Waals surface area (Å²) in [6.45, 7) is 9.04. The maximum atomic E-state index is 12.0. The molecule has 0 saturated heterocycles. The molecule has 0 fully saturated rings. The normalized spacial score (nSPS) is 16.5. The van der Waals surface area contributed by atoms with Crippen LogP contribution >= 0.6 is 0 Å². The molecule has 4 atom stereocenters. The summed E-state index contributed by atoms with van der Waals surface area (Å²) >= 11 is 0. The van der Waals surface area contributed by atoms with E-state index < -0.39 is 35.9 Å². The third kappa shape index (κ3) is 6.89. The first kappa shape index (κ1) is 20.4. The molecule has 0 aromatic rings. The average molecular weight is 315 g/mol. The predicted octanol–water partition coefficient (Wildman–Crippen LogP) is 0.480. The summed E-state index contributed by atoms with van der Waals surface area (Å²) in [7, 11) is 0. The molecule has 22 heavy (non-hydrogen) atoms. The van der Waals surface area contributed by atoms with E-state index in [1.165, 1.54) is 6.92 Å². The van der Waals surface area contributed by atoms with Crippen molar-refractivity contribution in [3.63, 3.8) is 0 Å². The number of carboxylic acid groups (broad SMARTS) is 1. The molecule has 0 spiro atoms. The lowest BCUT2D eigenvalue weighted by molar-refractivity contribution is -0.142. The zero-order valence-electron chi connectivity index (χ0n) is 14.1. The van der Waals surface area contributed by atoms with Crippen LogP contribution in [0.25, 0.3) is 0 Å². The second kappa shape index (κ2) is 9.40. The topological polar surface area (TPSA) is 122 Å². The number of carboxylic acids is 1. The number of hydrogen-bond acceptors (Lipinski definition) is 4. The van der Waals surface area contributed by atoms with E-state index in [0.717, 1.165) is 6.42 Å². The van der Waals surface area contributed by atoms with Crippen LogP contribution in [0, 0.1) is 11.8 Å². The zero-order chi connectivity index (χ0) is 17.4. The van der Waals surface area contributed by atoms with E-state index in [1.54, 1.807) is 0 Å². The predicted molar refractivity (Wildman–Crippen MR) is 84.1 cm³/mol. The Morgan fingerprint density at radius 1 is 1.05 bits per heavy atom. The second-order valence-electron chi connectivity index (χ2n) is 6.17. The SMILES string of the molecule is CCC(C)C(N)C(=O)NC(C)C(=O)NC(CC(C)C)C(=O)O. The molecule has 0 aliphatic rings. The summed E-state index contributed by atoms with van der Waals surface area (Å²) in [4.78, 5) is 35.1. The highest BCUT2D eigenvalue weighted by Gasteiger charge is 2.26. The number of carbonyl (C=O) groups excluding carboxylic acids is 2. The molecule has 0 rings (SSSR count). The van der Waals surface area contributed by atoms with Crippen LogP contribution in [0.3, 0.4) is 0 Å². The zero-order valence-corrected chi connectivity index (χ0v) is 14.1. The van der Waals surface area contributed by atoms with E-state index in [4.69, 9.17) is 10.8 Å². The highest BCUT2D eigenvalue weighted by molar-refractivity contribution is 5.91. The Balaban J connectivity index is 4.59. The molecule has 5 N–H and O–H groups in total. The Bertz CT molecular complexity index is 398. The van der Waals surface area contributed by atoms with Crippen LogP contribution in [0.15, 0.2) is 0 Å². The molecule has 0 aromatic heterocycles. The molecule has 0 aromatic carbocycles. The maximum absolute atomic E-state index is 12.0. The number of rotatable bonds is 9. The first-order chi connectivity index (χ1) is 10.1. The highest BCUT2D eigenvalue weighted by atomic mass is 16.4. The Morgan fingerprint density at radius 2 is 1.59 bits per heavy atom. The molecule has 0 heterocycles. The number of carbonyl (C=O) groups is 3. The smallest absolute Gasteiger partial charge is 0.326 e. The highest BCUT2D eigenvalue weighted by Crippen LogP contribution is 2.07. The molecule has 7 heteroatoms. The van der Waals surface area contributed by atoms with Crippen molar-refractivity contribution in [2.75, 3.05) is 0 Å². The largest absolute Gasteiger partial charge is 0.480 e. The monoisotopic (exact) mass is 315 g/mol. The minimum Gasteiger partial charge on any atom is -0.480 e. The van der Waals surface area contributed by atoms with Crippen LogP contribution in [-0.4, -0.2) is 41.0 Å². The van der Waals surface area contributed by atoms with Gasteiger partial charge in [0, 0.05) is 0 Å². The Kier molecular flexibility index (Phi) is 8.70. The van der Waals surface area contributed by atoms with Crippen molar-refractivity contribution in [2.24, 2.45) is 17.6 Å². The first-order valence-corrected chi connectivity index (χ1v) is 7.69. The fourth-order valence-electron chi connectivity index (χ4n) is 1.88. The average Bonchev–Trinajstić information content (AvgIpc) is 2.43. The van der Waals surface area contributed by atoms with Gasteiger partial charge in [-0.15, -0.1) is 0 Å². The van der Waals surface area contributed by atoms with E-state index in [-0.39, 0.29) is 11.8 Å². The van der Waals surface area contributed by atoms with Crippen molar-refractivity contribution >= 4 is 17.8 Å². The minimum absolute atomic E-state index is 0.00275. The molecule has 128 valence electrons. The van der Waals surface area contributed by atoms with Crippen molar-refractivity contribution in [2.45, 2.75) is 65.6 Å². The Morgan fingerprint density at radius 3 is 2.00 bits per heavy atom. The van der Waals surface area contributed by atoms with Gasteiger partial charge in [0.25, 0.3) is 0 Å². The summed E-state index contributed by atoms with van der Waals surface area (Å²) in [6.07, 6.45) is 1.08. The van der Waals surface area contributed by atoms with E-state index >= 15 is 0 Å². The minimum atomic E-state index is -1.09. The van der Waals surface area contributed by atoms with Gasteiger partial charge in [-0.2, -0.15) is 0 Å². The van der Waals surface area contributed by atoms with Crippen LogP contribution in [0.1, 0.15) is 47.5 Å². The lowest BCUT2D eigenvalue weighted by atomic mass is 9.99. The van der Waals surface area contributed by atoms with Gasteiger partial charge in [0.1, 0.15) is 12.1 Å². The lowest BCUT2D eigenvalue weighted by Crippen LogP contribution is -2.54. The van der Waals surface area contributed by atoms with Crippen molar-refractivity contribution in [1.82, 2.24) is 10.6 Å². The molecule has 0 bridgehead atoms. The third-order valence-electron chi connectivity index (χ3n) is 3.63. The molecule has 7 nitrogen and oxygen atoms in total. The van der Waals surface area contributed by atoms with Gasteiger partial charge < -0.3 is 21.5 Å². The molecular formula is C15H29N3O4. The van der Waals surface area contributed by atoms with Crippen molar-refractivity contribution in [3.8, 4) is 0 Å². The van der Waals surface area contributed by atoms with E-state index in [2.05, 4.69) is 10.6 Å². The standard InChI is InChI=1S/C15H29N3O4/c1-6-9(4)12(16)14(20)17-10(5)13(19)18-11(15(21)22)7-8(2)3/h8-12H,6-7,16H2,1-5H3,(H,17,20)(H,18,19)(H,21,22). The van der Waals surface area contributed by atoms with Gasteiger partial charge >= 0.3 is 5.97 Å². The lowest BCUT2D eigenvalue weighted by Gasteiger charge is -2.22. The molecule has 0 saturated carbocycles.